The number of para-hydroxylation sites is 2. The summed E-state index contributed by atoms with van der Waals surface area (Å²) in [6.07, 6.45) is 1.47. The van der Waals surface area contributed by atoms with Gasteiger partial charge >= 0.3 is 0 Å². The van der Waals surface area contributed by atoms with E-state index in [4.69, 9.17) is 0 Å². The monoisotopic (exact) mass is 354 g/mol. The van der Waals surface area contributed by atoms with Gasteiger partial charge in [0.05, 0.1) is 0 Å². The van der Waals surface area contributed by atoms with Crippen molar-refractivity contribution >= 4 is 22.5 Å². The third kappa shape index (κ3) is 3.13. The first kappa shape index (κ1) is 16.8. The van der Waals surface area contributed by atoms with Crippen LogP contribution in [0.5, 0.6) is 0 Å². The summed E-state index contributed by atoms with van der Waals surface area (Å²) in [4.78, 5) is 28.5. The zero-order chi connectivity index (χ0) is 18.8. The average molecular weight is 354 g/mol. The maximum Gasteiger partial charge on any atom is 0.261 e. The Labute approximate surface area is 156 Å². The molecule has 0 aliphatic heterocycles. The highest BCUT2D eigenvalue weighted by molar-refractivity contribution is 6.07. The summed E-state index contributed by atoms with van der Waals surface area (Å²) < 4.78 is 0. The molecule has 0 saturated heterocycles. The van der Waals surface area contributed by atoms with Crippen LogP contribution >= 0.6 is 0 Å². The van der Waals surface area contributed by atoms with Crippen LogP contribution in [0.1, 0.15) is 15.9 Å². The van der Waals surface area contributed by atoms with Crippen LogP contribution in [0.25, 0.3) is 22.0 Å². The second kappa shape index (κ2) is 6.92. The Morgan fingerprint density at radius 2 is 1.52 bits per heavy atom. The molecular weight excluding hydrogens is 336 g/mol. The Morgan fingerprint density at radius 3 is 2.33 bits per heavy atom. The number of fused-ring (bicyclic) bond motifs is 1. The fraction of sp³-hybridized carbons (Fsp3) is 0.0435. The molecule has 4 heteroatoms. The standard InChI is InChI=1S/C23H18N2O2/c1-15-8-2-3-9-16(15)17-10-4-7-13-21(17)25-23(27)19-14-24-20-12-6-5-11-18(20)22(19)26/h2-14H,1H3,(H,24,26)(H,25,27). The first-order valence-electron chi connectivity index (χ1n) is 8.72. The van der Waals surface area contributed by atoms with Gasteiger partial charge in [-0.15, -0.1) is 0 Å². The predicted molar refractivity (Wildman–Crippen MR) is 109 cm³/mol. The van der Waals surface area contributed by atoms with Crippen molar-refractivity contribution in [2.24, 2.45) is 0 Å². The van der Waals surface area contributed by atoms with Crippen molar-refractivity contribution in [2.75, 3.05) is 5.32 Å². The number of carbonyl (C=O) groups excluding carboxylic acids is 1. The number of hydrogen-bond acceptors (Lipinski definition) is 2. The molecule has 2 N–H and O–H groups in total. The van der Waals surface area contributed by atoms with Crippen LogP contribution in [0.3, 0.4) is 0 Å². The smallest absolute Gasteiger partial charge is 0.261 e. The highest BCUT2D eigenvalue weighted by Gasteiger charge is 2.15. The van der Waals surface area contributed by atoms with Crippen LogP contribution in [-0.4, -0.2) is 10.9 Å². The summed E-state index contributed by atoms with van der Waals surface area (Å²) in [5.41, 5.74) is 4.26. The van der Waals surface area contributed by atoms with E-state index in [9.17, 15) is 9.59 Å². The van der Waals surface area contributed by atoms with E-state index in [1.165, 1.54) is 6.20 Å². The summed E-state index contributed by atoms with van der Waals surface area (Å²) >= 11 is 0. The van der Waals surface area contributed by atoms with E-state index >= 15 is 0 Å². The Balaban J connectivity index is 1.74. The van der Waals surface area contributed by atoms with Gasteiger partial charge in [-0.1, -0.05) is 54.6 Å². The number of aromatic nitrogens is 1. The van der Waals surface area contributed by atoms with Crippen LogP contribution in [0.4, 0.5) is 5.69 Å². The van der Waals surface area contributed by atoms with Crippen molar-refractivity contribution in [3.05, 3.63) is 100 Å². The molecule has 0 aliphatic rings. The molecule has 132 valence electrons. The van der Waals surface area contributed by atoms with Gasteiger partial charge in [0, 0.05) is 28.4 Å². The molecule has 0 saturated carbocycles. The third-order valence-electron chi connectivity index (χ3n) is 4.64. The van der Waals surface area contributed by atoms with Gasteiger partial charge in [0.2, 0.25) is 5.43 Å². The molecule has 0 spiro atoms. The van der Waals surface area contributed by atoms with E-state index in [0.29, 0.717) is 16.6 Å². The second-order valence-electron chi connectivity index (χ2n) is 6.39. The van der Waals surface area contributed by atoms with Gasteiger partial charge in [-0.3, -0.25) is 9.59 Å². The van der Waals surface area contributed by atoms with Crippen LogP contribution in [0.2, 0.25) is 0 Å². The predicted octanol–water partition coefficient (Wildman–Crippen LogP) is 4.76. The van der Waals surface area contributed by atoms with Crippen molar-refractivity contribution in [3.8, 4) is 11.1 Å². The highest BCUT2D eigenvalue weighted by atomic mass is 16.2. The van der Waals surface area contributed by atoms with Gasteiger partial charge in [-0.05, 0) is 36.2 Å². The van der Waals surface area contributed by atoms with E-state index in [1.807, 2.05) is 67.6 Å². The minimum Gasteiger partial charge on any atom is -0.360 e. The Hall–Kier alpha value is -3.66. The molecular formula is C23H18N2O2. The fourth-order valence-electron chi connectivity index (χ4n) is 3.23. The van der Waals surface area contributed by atoms with E-state index in [-0.39, 0.29) is 11.0 Å². The normalized spacial score (nSPS) is 10.7. The zero-order valence-electron chi connectivity index (χ0n) is 14.8. The van der Waals surface area contributed by atoms with E-state index in [0.717, 1.165) is 16.7 Å². The first-order valence-corrected chi connectivity index (χ1v) is 8.72. The molecule has 1 heterocycles. The maximum atomic E-state index is 12.8. The molecule has 0 aliphatic carbocycles. The number of rotatable bonds is 3. The number of hydrogen-bond donors (Lipinski definition) is 2. The topological polar surface area (TPSA) is 62.0 Å². The lowest BCUT2D eigenvalue weighted by molar-refractivity contribution is 0.102. The Morgan fingerprint density at radius 1 is 0.852 bits per heavy atom. The summed E-state index contributed by atoms with van der Waals surface area (Å²) in [7, 11) is 0. The summed E-state index contributed by atoms with van der Waals surface area (Å²) in [6.45, 7) is 2.03. The number of amides is 1. The molecule has 4 rings (SSSR count). The number of aryl methyl sites for hydroxylation is 1. The Kier molecular flexibility index (Phi) is 4.30. The number of anilines is 1. The van der Waals surface area contributed by atoms with Gasteiger partial charge in [-0.2, -0.15) is 0 Å². The lowest BCUT2D eigenvalue weighted by Crippen LogP contribution is -2.22. The molecule has 4 aromatic rings. The highest BCUT2D eigenvalue weighted by Crippen LogP contribution is 2.30. The van der Waals surface area contributed by atoms with E-state index in [1.54, 1.807) is 12.1 Å². The lowest BCUT2D eigenvalue weighted by atomic mass is 9.99. The fourth-order valence-corrected chi connectivity index (χ4v) is 3.23. The molecule has 0 atom stereocenters. The molecule has 0 radical (unpaired) electrons. The van der Waals surface area contributed by atoms with Gasteiger partial charge < -0.3 is 10.3 Å². The summed E-state index contributed by atoms with van der Waals surface area (Å²) in [5.74, 6) is -0.428. The quantitative estimate of drug-likeness (QED) is 0.557. The summed E-state index contributed by atoms with van der Waals surface area (Å²) in [5, 5.41) is 3.40. The number of carbonyl (C=O) groups is 1. The minimum absolute atomic E-state index is 0.0910. The van der Waals surface area contributed by atoms with Crippen LogP contribution < -0.4 is 10.7 Å². The molecule has 4 nitrogen and oxygen atoms in total. The molecule has 0 bridgehead atoms. The maximum absolute atomic E-state index is 12.8. The van der Waals surface area contributed by atoms with Crippen molar-refractivity contribution < 1.29 is 4.79 Å². The zero-order valence-corrected chi connectivity index (χ0v) is 14.8. The van der Waals surface area contributed by atoms with Gasteiger partial charge in [0.25, 0.3) is 5.91 Å². The molecule has 3 aromatic carbocycles. The van der Waals surface area contributed by atoms with Crippen LogP contribution in [0.15, 0.2) is 83.8 Å². The molecule has 1 amide bonds. The molecule has 1 aromatic heterocycles. The molecule has 0 unspecified atom stereocenters. The van der Waals surface area contributed by atoms with E-state index in [2.05, 4.69) is 10.3 Å². The van der Waals surface area contributed by atoms with Crippen molar-refractivity contribution in [1.82, 2.24) is 4.98 Å². The van der Waals surface area contributed by atoms with Crippen molar-refractivity contribution in [2.45, 2.75) is 6.92 Å². The SMILES string of the molecule is Cc1ccccc1-c1ccccc1NC(=O)c1c[nH]c2ccccc2c1=O. The van der Waals surface area contributed by atoms with Crippen molar-refractivity contribution in [3.63, 3.8) is 0 Å². The van der Waals surface area contributed by atoms with Crippen LogP contribution in [-0.2, 0) is 0 Å². The van der Waals surface area contributed by atoms with Gasteiger partial charge in [-0.25, -0.2) is 0 Å². The van der Waals surface area contributed by atoms with Crippen molar-refractivity contribution in [1.29, 1.82) is 0 Å². The average Bonchev–Trinajstić information content (AvgIpc) is 2.69. The molecule has 0 fully saturated rings. The summed E-state index contributed by atoms with van der Waals surface area (Å²) in [6, 6.07) is 22.7. The number of pyridine rings is 1. The second-order valence-corrected chi connectivity index (χ2v) is 6.39. The Bertz CT molecular complexity index is 1210. The van der Waals surface area contributed by atoms with Gasteiger partial charge in [0.15, 0.2) is 0 Å². The number of aromatic amines is 1. The number of H-pyrrole nitrogens is 1. The molecule has 27 heavy (non-hydrogen) atoms. The van der Waals surface area contributed by atoms with E-state index < -0.39 is 5.91 Å². The third-order valence-corrected chi connectivity index (χ3v) is 4.64. The number of benzene rings is 3. The lowest BCUT2D eigenvalue weighted by Gasteiger charge is -2.13. The first-order chi connectivity index (χ1) is 13.1. The van der Waals surface area contributed by atoms with Crippen LogP contribution in [0, 0.1) is 6.92 Å². The number of nitrogens with one attached hydrogen (secondary N) is 2. The van der Waals surface area contributed by atoms with Gasteiger partial charge in [0.1, 0.15) is 5.56 Å². The minimum atomic E-state index is -0.428. The largest absolute Gasteiger partial charge is 0.360 e.